The second kappa shape index (κ2) is 2.42. The molecular weight excluding hydrogens is 176 g/mol. The summed E-state index contributed by atoms with van der Waals surface area (Å²) in [5.74, 6) is 0. The number of aromatic nitrogens is 4. The van der Waals surface area contributed by atoms with Crippen LogP contribution in [-0.2, 0) is 7.05 Å². The van der Waals surface area contributed by atoms with E-state index in [0.717, 1.165) is 16.7 Å². The fourth-order valence-electron chi connectivity index (χ4n) is 1.24. The summed E-state index contributed by atoms with van der Waals surface area (Å²) in [5, 5.41) is 13.3. The average molecular weight is 183 g/mol. The van der Waals surface area contributed by atoms with E-state index in [-0.39, 0.29) is 0 Å². The van der Waals surface area contributed by atoms with E-state index in [1.807, 2.05) is 14.0 Å². The summed E-state index contributed by atoms with van der Waals surface area (Å²) >= 11 is 5.92. The molecule has 12 heavy (non-hydrogen) atoms. The lowest BCUT2D eigenvalue weighted by molar-refractivity contribution is 0.766. The maximum absolute atomic E-state index is 5.92. The van der Waals surface area contributed by atoms with E-state index in [4.69, 9.17) is 11.6 Å². The summed E-state index contributed by atoms with van der Waals surface area (Å²) < 4.78 is 1.67. The van der Waals surface area contributed by atoms with Crippen LogP contribution in [0.25, 0.3) is 11.0 Å². The molecule has 0 atom stereocenters. The van der Waals surface area contributed by atoms with Crippen molar-refractivity contribution in [2.45, 2.75) is 6.92 Å². The van der Waals surface area contributed by atoms with Gasteiger partial charge in [-0.1, -0.05) is 11.6 Å². The highest BCUT2D eigenvalue weighted by atomic mass is 35.5. The molecule has 0 aliphatic heterocycles. The summed E-state index contributed by atoms with van der Waals surface area (Å²) in [7, 11) is 1.82. The Kier molecular flexibility index (Phi) is 1.51. The first kappa shape index (κ1) is 7.49. The molecule has 0 aliphatic rings. The lowest BCUT2D eigenvalue weighted by Gasteiger charge is -1.91. The molecule has 0 saturated carbocycles. The molecule has 0 aromatic carbocycles. The number of hydrogen-bond donors (Lipinski definition) is 0. The van der Waals surface area contributed by atoms with Crippen LogP contribution in [0.5, 0.6) is 0 Å². The van der Waals surface area contributed by atoms with Crippen LogP contribution in [0, 0.1) is 6.92 Å². The molecule has 2 aromatic rings. The zero-order chi connectivity index (χ0) is 8.72. The highest BCUT2D eigenvalue weighted by Crippen LogP contribution is 2.22. The number of halogens is 1. The number of hydrogen-bond acceptors (Lipinski definition) is 3. The Balaban J connectivity index is 2.99. The van der Waals surface area contributed by atoms with Gasteiger partial charge in [0.2, 0.25) is 0 Å². The van der Waals surface area contributed by atoms with Gasteiger partial charge in [0.1, 0.15) is 0 Å². The van der Waals surface area contributed by atoms with Gasteiger partial charge in [0.05, 0.1) is 22.3 Å². The zero-order valence-electron chi connectivity index (χ0n) is 6.74. The minimum absolute atomic E-state index is 0.602. The Morgan fingerprint density at radius 2 is 2.25 bits per heavy atom. The van der Waals surface area contributed by atoms with E-state index in [2.05, 4.69) is 15.3 Å². The average Bonchev–Trinajstić information content (AvgIpc) is 2.29. The van der Waals surface area contributed by atoms with Gasteiger partial charge in [-0.2, -0.15) is 10.2 Å². The lowest BCUT2D eigenvalue weighted by Crippen LogP contribution is -1.92. The maximum Gasteiger partial charge on any atom is 0.181 e. The summed E-state index contributed by atoms with van der Waals surface area (Å²) in [5.41, 5.74) is 1.60. The molecule has 2 rings (SSSR count). The van der Waals surface area contributed by atoms with Crippen molar-refractivity contribution in [2.24, 2.45) is 7.05 Å². The Morgan fingerprint density at radius 1 is 1.50 bits per heavy atom. The van der Waals surface area contributed by atoms with Crippen LogP contribution in [-0.4, -0.2) is 20.0 Å². The van der Waals surface area contributed by atoms with E-state index >= 15 is 0 Å². The molecule has 0 radical (unpaired) electrons. The molecular formula is C7H7ClN4. The third-order valence-electron chi connectivity index (χ3n) is 1.75. The smallest absolute Gasteiger partial charge is 0.181 e. The van der Waals surface area contributed by atoms with Crippen molar-refractivity contribution >= 4 is 22.6 Å². The van der Waals surface area contributed by atoms with Crippen molar-refractivity contribution in [1.82, 2.24) is 20.0 Å². The van der Waals surface area contributed by atoms with Gasteiger partial charge >= 0.3 is 0 Å². The topological polar surface area (TPSA) is 43.6 Å². The molecule has 2 aromatic heterocycles. The van der Waals surface area contributed by atoms with Gasteiger partial charge in [-0.25, -0.2) is 4.68 Å². The summed E-state index contributed by atoms with van der Waals surface area (Å²) in [4.78, 5) is 0. The molecule has 0 fully saturated rings. The van der Waals surface area contributed by atoms with Crippen molar-refractivity contribution in [3.8, 4) is 0 Å². The van der Waals surface area contributed by atoms with Gasteiger partial charge < -0.3 is 0 Å². The van der Waals surface area contributed by atoms with Gasteiger partial charge in [0.15, 0.2) is 5.65 Å². The van der Waals surface area contributed by atoms with Gasteiger partial charge in [-0.05, 0) is 6.92 Å². The van der Waals surface area contributed by atoms with Gasteiger partial charge in [-0.15, -0.1) is 5.10 Å². The highest BCUT2D eigenvalue weighted by Gasteiger charge is 2.09. The SMILES string of the molecule is Cc1nn(C)c2nncc(Cl)c12. The minimum Gasteiger partial charge on any atom is -0.249 e. The number of fused-ring (bicyclic) bond motifs is 1. The fraction of sp³-hybridized carbons (Fsp3) is 0.286. The van der Waals surface area contributed by atoms with Crippen molar-refractivity contribution in [2.75, 3.05) is 0 Å². The molecule has 0 spiro atoms. The first-order chi connectivity index (χ1) is 5.70. The quantitative estimate of drug-likeness (QED) is 0.617. The Bertz CT molecular complexity index is 434. The molecule has 5 heteroatoms. The second-order valence-corrected chi connectivity index (χ2v) is 3.01. The zero-order valence-corrected chi connectivity index (χ0v) is 7.50. The third kappa shape index (κ3) is 0.881. The van der Waals surface area contributed by atoms with Crippen molar-refractivity contribution < 1.29 is 0 Å². The van der Waals surface area contributed by atoms with Crippen LogP contribution in [0.3, 0.4) is 0 Å². The Labute approximate surface area is 74.2 Å². The molecule has 0 saturated heterocycles. The minimum atomic E-state index is 0.602. The number of rotatable bonds is 0. The summed E-state index contributed by atoms with van der Waals surface area (Å²) in [6.45, 7) is 1.90. The molecule has 4 nitrogen and oxygen atoms in total. The van der Waals surface area contributed by atoms with E-state index in [0.29, 0.717) is 5.02 Å². The van der Waals surface area contributed by atoms with Crippen LogP contribution in [0.1, 0.15) is 5.69 Å². The molecule has 0 amide bonds. The van der Waals surface area contributed by atoms with E-state index in [1.165, 1.54) is 6.20 Å². The van der Waals surface area contributed by atoms with E-state index in [1.54, 1.807) is 4.68 Å². The van der Waals surface area contributed by atoms with Crippen LogP contribution >= 0.6 is 11.6 Å². The molecule has 2 heterocycles. The van der Waals surface area contributed by atoms with Crippen LogP contribution in [0.15, 0.2) is 6.20 Å². The summed E-state index contributed by atoms with van der Waals surface area (Å²) in [6, 6.07) is 0. The normalized spacial score (nSPS) is 10.9. The van der Waals surface area contributed by atoms with Crippen LogP contribution in [0.2, 0.25) is 5.02 Å². The standard InChI is InChI=1S/C7H7ClN4/c1-4-6-5(8)3-9-10-7(6)12(2)11-4/h3H,1-2H3. The molecule has 0 N–H and O–H groups in total. The van der Waals surface area contributed by atoms with Crippen molar-refractivity contribution in [3.05, 3.63) is 16.9 Å². The maximum atomic E-state index is 5.92. The van der Waals surface area contributed by atoms with Crippen molar-refractivity contribution in [3.63, 3.8) is 0 Å². The molecule has 0 aliphatic carbocycles. The highest BCUT2D eigenvalue weighted by molar-refractivity contribution is 6.35. The van der Waals surface area contributed by atoms with Gasteiger partial charge in [-0.3, -0.25) is 0 Å². The molecule has 62 valence electrons. The molecule has 0 unspecified atom stereocenters. The number of aryl methyl sites for hydroxylation is 2. The predicted molar refractivity (Wildman–Crippen MR) is 46.1 cm³/mol. The summed E-state index contributed by atoms with van der Waals surface area (Å²) in [6.07, 6.45) is 1.53. The lowest BCUT2D eigenvalue weighted by atomic mass is 10.3. The van der Waals surface area contributed by atoms with E-state index < -0.39 is 0 Å². The van der Waals surface area contributed by atoms with Gasteiger partial charge in [0.25, 0.3) is 0 Å². The Hall–Kier alpha value is -1.16. The largest absolute Gasteiger partial charge is 0.249 e. The third-order valence-corrected chi connectivity index (χ3v) is 2.04. The van der Waals surface area contributed by atoms with Crippen LogP contribution in [0.4, 0.5) is 0 Å². The van der Waals surface area contributed by atoms with Crippen LogP contribution < -0.4 is 0 Å². The first-order valence-electron chi connectivity index (χ1n) is 3.50. The number of nitrogens with zero attached hydrogens (tertiary/aromatic N) is 4. The van der Waals surface area contributed by atoms with Crippen molar-refractivity contribution in [1.29, 1.82) is 0 Å². The Morgan fingerprint density at radius 3 is 2.92 bits per heavy atom. The van der Waals surface area contributed by atoms with Gasteiger partial charge in [0, 0.05) is 7.05 Å². The van der Waals surface area contributed by atoms with E-state index in [9.17, 15) is 0 Å². The second-order valence-electron chi connectivity index (χ2n) is 2.60. The first-order valence-corrected chi connectivity index (χ1v) is 3.88. The fourth-order valence-corrected chi connectivity index (χ4v) is 1.50. The predicted octanol–water partition coefficient (Wildman–Crippen LogP) is 1.33. The monoisotopic (exact) mass is 182 g/mol. The molecule has 0 bridgehead atoms.